The molecule has 4 rings (SSSR count). The molecule has 0 spiro atoms. The van der Waals surface area contributed by atoms with Crippen molar-refractivity contribution in [2.24, 2.45) is 34.5 Å². The van der Waals surface area contributed by atoms with Gasteiger partial charge in [0, 0.05) is 25.2 Å². The van der Waals surface area contributed by atoms with E-state index in [-0.39, 0.29) is 11.5 Å². The molecule has 0 amide bonds. The Kier molecular flexibility index (Phi) is 5.68. The van der Waals surface area contributed by atoms with Crippen molar-refractivity contribution in [2.45, 2.75) is 104 Å². The second kappa shape index (κ2) is 7.61. The third-order valence-electron chi connectivity index (χ3n) is 9.73. The summed E-state index contributed by atoms with van der Waals surface area (Å²) in [4.78, 5) is 0. The maximum absolute atomic E-state index is 10.6. The SMILES string of the molecule is CC(C)NCCNC1CC[C@]2(C)C3CC[C@]4(C)C(O)CCC4C3CC[C@@H]2C1. The van der Waals surface area contributed by atoms with E-state index < -0.39 is 0 Å². The molecule has 0 heterocycles. The molecule has 3 nitrogen and oxygen atoms in total. The molecule has 0 aliphatic heterocycles. The van der Waals surface area contributed by atoms with Crippen LogP contribution in [0.2, 0.25) is 0 Å². The Morgan fingerprint density at radius 3 is 2.41 bits per heavy atom. The summed E-state index contributed by atoms with van der Waals surface area (Å²) in [5.41, 5.74) is 0.790. The molecule has 5 unspecified atom stereocenters. The Morgan fingerprint density at radius 1 is 0.889 bits per heavy atom. The predicted octanol–water partition coefficient (Wildman–Crippen LogP) is 4.35. The van der Waals surface area contributed by atoms with Crippen LogP contribution in [0, 0.1) is 34.5 Å². The summed E-state index contributed by atoms with van der Waals surface area (Å²) >= 11 is 0. The van der Waals surface area contributed by atoms with Crippen molar-refractivity contribution in [3.05, 3.63) is 0 Å². The molecule has 3 heteroatoms. The van der Waals surface area contributed by atoms with Crippen molar-refractivity contribution in [3.8, 4) is 0 Å². The highest BCUT2D eigenvalue weighted by Crippen LogP contribution is 2.66. The van der Waals surface area contributed by atoms with E-state index in [0.29, 0.717) is 11.5 Å². The normalized spacial score (nSPS) is 49.6. The average molecular weight is 377 g/mol. The summed E-state index contributed by atoms with van der Waals surface area (Å²) in [7, 11) is 0. The number of fused-ring (bicyclic) bond motifs is 5. The molecule has 8 atom stereocenters. The van der Waals surface area contributed by atoms with Gasteiger partial charge in [-0.25, -0.2) is 0 Å². The lowest BCUT2D eigenvalue weighted by Gasteiger charge is -2.61. The van der Waals surface area contributed by atoms with Gasteiger partial charge in [0.25, 0.3) is 0 Å². The summed E-state index contributed by atoms with van der Waals surface area (Å²) in [5.74, 6) is 3.52. The minimum Gasteiger partial charge on any atom is -0.393 e. The number of hydrogen-bond donors (Lipinski definition) is 3. The maximum atomic E-state index is 10.6. The molecular formula is C24H44N2O. The molecule has 4 fully saturated rings. The van der Waals surface area contributed by atoms with Crippen molar-refractivity contribution >= 4 is 0 Å². The number of aliphatic hydroxyl groups excluding tert-OH is 1. The van der Waals surface area contributed by atoms with Crippen molar-refractivity contribution in [2.75, 3.05) is 13.1 Å². The van der Waals surface area contributed by atoms with E-state index in [1.807, 2.05) is 0 Å². The minimum absolute atomic E-state index is 0.0339. The first-order valence-electron chi connectivity index (χ1n) is 12.0. The average Bonchev–Trinajstić information content (AvgIpc) is 2.94. The Balaban J connectivity index is 1.38. The maximum Gasteiger partial charge on any atom is 0.0596 e. The third-order valence-corrected chi connectivity index (χ3v) is 9.73. The van der Waals surface area contributed by atoms with Crippen molar-refractivity contribution in [3.63, 3.8) is 0 Å². The van der Waals surface area contributed by atoms with E-state index in [9.17, 15) is 5.11 Å². The monoisotopic (exact) mass is 376 g/mol. The molecule has 3 N–H and O–H groups in total. The van der Waals surface area contributed by atoms with E-state index in [0.717, 1.165) is 49.2 Å². The predicted molar refractivity (Wildman–Crippen MR) is 113 cm³/mol. The molecule has 0 aromatic heterocycles. The molecule has 27 heavy (non-hydrogen) atoms. The first kappa shape index (κ1) is 20.2. The zero-order chi connectivity index (χ0) is 19.2. The molecule has 4 aliphatic carbocycles. The van der Waals surface area contributed by atoms with Crippen LogP contribution >= 0.6 is 0 Å². The fourth-order valence-corrected chi connectivity index (χ4v) is 8.05. The fraction of sp³-hybridized carbons (Fsp3) is 1.00. The van der Waals surface area contributed by atoms with Gasteiger partial charge in [0.15, 0.2) is 0 Å². The first-order valence-corrected chi connectivity index (χ1v) is 12.0. The van der Waals surface area contributed by atoms with Gasteiger partial charge in [0.1, 0.15) is 0 Å². The van der Waals surface area contributed by atoms with Crippen LogP contribution in [0.25, 0.3) is 0 Å². The second-order valence-corrected chi connectivity index (χ2v) is 11.3. The Morgan fingerprint density at radius 2 is 1.63 bits per heavy atom. The second-order valence-electron chi connectivity index (χ2n) is 11.3. The first-order chi connectivity index (χ1) is 12.8. The highest BCUT2D eigenvalue weighted by Gasteiger charge is 2.59. The lowest BCUT2D eigenvalue weighted by atomic mass is 9.45. The van der Waals surface area contributed by atoms with Crippen LogP contribution in [-0.2, 0) is 0 Å². The minimum atomic E-state index is -0.0339. The van der Waals surface area contributed by atoms with Gasteiger partial charge in [-0.15, -0.1) is 0 Å². The van der Waals surface area contributed by atoms with Crippen LogP contribution in [0.1, 0.15) is 85.5 Å². The molecule has 0 aromatic rings. The van der Waals surface area contributed by atoms with Crippen molar-refractivity contribution < 1.29 is 5.11 Å². The van der Waals surface area contributed by atoms with Crippen LogP contribution in [0.5, 0.6) is 0 Å². The van der Waals surface area contributed by atoms with Gasteiger partial charge in [-0.1, -0.05) is 27.7 Å². The van der Waals surface area contributed by atoms with E-state index >= 15 is 0 Å². The van der Waals surface area contributed by atoms with Gasteiger partial charge < -0.3 is 15.7 Å². The third kappa shape index (κ3) is 3.51. The number of aliphatic hydroxyl groups is 1. The standard InChI is InChI=1S/C24H44N2O/c1-16(2)25-13-14-26-18-9-11-23(3)17(15-18)5-6-19-20-7-8-22(27)24(20,4)12-10-21(19)23/h16-22,25-27H,5-15H2,1-4H3/t17-,18?,19?,20?,21?,22?,23+,24+/m1/s1. The number of hydrogen-bond acceptors (Lipinski definition) is 3. The van der Waals surface area contributed by atoms with Crippen LogP contribution in [0.15, 0.2) is 0 Å². The van der Waals surface area contributed by atoms with Gasteiger partial charge >= 0.3 is 0 Å². The molecule has 0 saturated heterocycles. The lowest BCUT2D eigenvalue weighted by Crippen LogP contribution is -2.55. The topological polar surface area (TPSA) is 44.3 Å². The summed E-state index contributed by atoms with van der Waals surface area (Å²) in [6.45, 7) is 11.7. The molecular weight excluding hydrogens is 332 g/mol. The Hall–Kier alpha value is -0.120. The summed E-state index contributed by atoms with van der Waals surface area (Å²) in [6.07, 6.45) is 12.0. The van der Waals surface area contributed by atoms with Crippen molar-refractivity contribution in [1.82, 2.24) is 10.6 Å². The molecule has 0 aromatic carbocycles. The van der Waals surface area contributed by atoms with Crippen LogP contribution in [-0.4, -0.2) is 36.4 Å². The van der Waals surface area contributed by atoms with E-state index in [4.69, 9.17) is 0 Å². The number of rotatable bonds is 5. The van der Waals surface area contributed by atoms with Crippen LogP contribution in [0.4, 0.5) is 0 Å². The molecule has 0 radical (unpaired) electrons. The Bertz CT molecular complexity index is 523. The Labute approximate surface area is 167 Å². The largest absolute Gasteiger partial charge is 0.393 e. The zero-order valence-corrected chi connectivity index (χ0v) is 18.3. The van der Waals surface area contributed by atoms with Gasteiger partial charge in [-0.3, -0.25) is 0 Å². The smallest absolute Gasteiger partial charge is 0.0596 e. The molecule has 156 valence electrons. The van der Waals surface area contributed by atoms with Crippen LogP contribution in [0.3, 0.4) is 0 Å². The van der Waals surface area contributed by atoms with E-state index in [1.165, 1.54) is 51.4 Å². The fourth-order valence-electron chi connectivity index (χ4n) is 8.05. The van der Waals surface area contributed by atoms with Gasteiger partial charge in [0.05, 0.1) is 6.10 Å². The zero-order valence-electron chi connectivity index (χ0n) is 18.3. The highest BCUT2D eigenvalue weighted by molar-refractivity contribution is 5.09. The summed E-state index contributed by atoms with van der Waals surface area (Å²) < 4.78 is 0. The molecule has 0 bridgehead atoms. The van der Waals surface area contributed by atoms with Gasteiger partial charge in [-0.2, -0.15) is 0 Å². The van der Waals surface area contributed by atoms with E-state index in [2.05, 4.69) is 38.3 Å². The summed E-state index contributed by atoms with van der Waals surface area (Å²) in [5, 5.41) is 18.0. The quantitative estimate of drug-likeness (QED) is 0.625. The highest BCUT2D eigenvalue weighted by atomic mass is 16.3. The lowest BCUT2D eigenvalue weighted by molar-refractivity contribution is -0.123. The van der Waals surface area contributed by atoms with Gasteiger partial charge in [-0.05, 0) is 92.3 Å². The van der Waals surface area contributed by atoms with E-state index in [1.54, 1.807) is 0 Å². The van der Waals surface area contributed by atoms with Crippen LogP contribution < -0.4 is 10.6 Å². The molecule has 4 aliphatic rings. The number of nitrogens with one attached hydrogen (secondary N) is 2. The van der Waals surface area contributed by atoms with Gasteiger partial charge in [0.2, 0.25) is 0 Å². The van der Waals surface area contributed by atoms with Crippen molar-refractivity contribution in [1.29, 1.82) is 0 Å². The molecule has 4 saturated carbocycles. The summed E-state index contributed by atoms with van der Waals surface area (Å²) in [6, 6.07) is 1.32.